The fourth-order valence-corrected chi connectivity index (χ4v) is 4.62. The number of amides is 1. The van der Waals surface area contributed by atoms with E-state index in [2.05, 4.69) is 15.3 Å². The van der Waals surface area contributed by atoms with Gasteiger partial charge in [-0.25, -0.2) is 4.98 Å². The van der Waals surface area contributed by atoms with E-state index in [4.69, 9.17) is 32.8 Å². The number of carbonyl (C=O) groups excluding carboxylic acids is 1. The van der Waals surface area contributed by atoms with Crippen LogP contribution in [0.15, 0.2) is 53.7 Å². The molecule has 10 nitrogen and oxygen atoms in total. The minimum Gasteiger partial charge on any atom is -0.408 e. The summed E-state index contributed by atoms with van der Waals surface area (Å²) in [6, 6.07) is 8.58. The van der Waals surface area contributed by atoms with Crippen molar-refractivity contribution < 1.29 is 14.4 Å². The molecule has 39 heavy (non-hydrogen) atoms. The van der Waals surface area contributed by atoms with E-state index in [-0.39, 0.29) is 18.4 Å². The van der Waals surface area contributed by atoms with Gasteiger partial charge in [0.05, 0.1) is 27.9 Å². The number of nitrogens with one attached hydrogen (secondary N) is 1. The average molecular weight is 571 g/mol. The second kappa shape index (κ2) is 11.6. The van der Waals surface area contributed by atoms with Crippen LogP contribution in [0.5, 0.6) is 0 Å². The molecule has 0 saturated heterocycles. The summed E-state index contributed by atoms with van der Waals surface area (Å²) in [4.78, 5) is 42.7. The molecule has 1 aliphatic rings. The number of pyridine rings is 1. The molecule has 1 fully saturated rings. The van der Waals surface area contributed by atoms with Gasteiger partial charge in [0.15, 0.2) is 5.65 Å². The molecule has 5 rings (SSSR count). The first-order chi connectivity index (χ1) is 18.8. The molecule has 1 saturated carbocycles. The number of carbonyl (C=O) groups is 1. The molecule has 12 heteroatoms. The Hall–Kier alpha value is -3.60. The summed E-state index contributed by atoms with van der Waals surface area (Å²) in [7, 11) is 3.34. The van der Waals surface area contributed by atoms with Gasteiger partial charge in [0.2, 0.25) is 11.9 Å². The number of fused-ring (bicyclic) bond motifs is 1. The molecular formula is C27H28Cl2N6O4. The highest BCUT2D eigenvalue weighted by Gasteiger charge is 2.24. The molecule has 0 aliphatic heterocycles. The third-order valence-electron chi connectivity index (χ3n) is 6.45. The number of rotatable bonds is 11. The number of methoxy groups -OCH3 is 1. The van der Waals surface area contributed by atoms with Gasteiger partial charge in [0.1, 0.15) is 13.2 Å². The summed E-state index contributed by atoms with van der Waals surface area (Å²) in [5.74, 6) is 0.646. The highest BCUT2D eigenvalue weighted by molar-refractivity contribution is 6.39. The van der Waals surface area contributed by atoms with E-state index in [0.29, 0.717) is 63.6 Å². The zero-order valence-corrected chi connectivity index (χ0v) is 23.1. The molecule has 0 spiro atoms. The van der Waals surface area contributed by atoms with E-state index >= 15 is 0 Å². The molecular weight excluding hydrogens is 543 g/mol. The van der Waals surface area contributed by atoms with E-state index in [9.17, 15) is 9.59 Å². The molecule has 3 aromatic heterocycles. The quantitative estimate of drug-likeness (QED) is 0.287. The molecule has 1 aromatic carbocycles. The van der Waals surface area contributed by atoms with Crippen molar-refractivity contribution in [1.29, 1.82) is 0 Å². The van der Waals surface area contributed by atoms with Crippen LogP contribution >= 0.6 is 23.2 Å². The standard InChI is InChI=1S/C27H28Cl2N6O4/c1-33(10-11-38-2)23(36)15-34-9-8-19(14-34)31-27-30-13-18-12-20(24-21(28)4-3-5-22(24)29)26(37)35(25(18)32-27)39-16-17-6-7-17/h3-5,8-9,12-14,17H,6-7,10-11,15-16H2,1-2H3,(H,30,31,32). The van der Waals surface area contributed by atoms with Gasteiger partial charge in [-0.15, -0.1) is 4.73 Å². The maximum Gasteiger partial charge on any atom is 0.293 e. The van der Waals surface area contributed by atoms with E-state index < -0.39 is 5.56 Å². The van der Waals surface area contributed by atoms with Crippen molar-refractivity contribution in [2.45, 2.75) is 19.4 Å². The molecule has 0 unspecified atom stereocenters. The Labute approximate surface area is 235 Å². The number of hydrogen-bond acceptors (Lipinski definition) is 7. The van der Waals surface area contributed by atoms with Crippen LogP contribution in [-0.4, -0.2) is 64.0 Å². The summed E-state index contributed by atoms with van der Waals surface area (Å²) < 4.78 is 8.00. The third-order valence-corrected chi connectivity index (χ3v) is 7.08. The lowest BCUT2D eigenvalue weighted by molar-refractivity contribution is -0.131. The molecule has 0 radical (unpaired) electrons. The highest BCUT2D eigenvalue weighted by atomic mass is 35.5. The minimum absolute atomic E-state index is 0.0394. The zero-order chi connectivity index (χ0) is 27.5. The highest BCUT2D eigenvalue weighted by Crippen LogP contribution is 2.34. The number of aromatic nitrogens is 4. The van der Waals surface area contributed by atoms with Crippen LogP contribution < -0.4 is 15.7 Å². The first-order valence-corrected chi connectivity index (χ1v) is 13.3. The smallest absolute Gasteiger partial charge is 0.293 e. The second-order valence-electron chi connectivity index (χ2n) is 9.47. The fraction of sp³-hybridized carbons (Fsp3) is 0.333. The topological polar surface area (TPSA) is 104 Å². The lowest BCUT2D eigenvalue weighted by Crippen LogP contribution is -2.32. The number of hydrogen-bond donors (Lipinski definition) is 1. The van der Waals surface area contributed by atoms with Crippen LogP contribution in [0, 0.1) is 5.92 Å². The molecule has 3 heterocycles. The van der Waals surface area contributed by atoms with Crippen molar-refractivity contribution in [1.82, 2.24) is 24.2 Å². The number of halogens is 2. The molecule has 0 bridgehead atoms. The van der Waals surface area contributed by atoms with Gasteiger partial charge in [-0.3, -0.25) is 9.59 Å². The van der Waals surface area contributed by atoms with E-state index in [1.165, 1.54) is 4.73 Å². The molecule has 1 aliphatic carbocycles. The molecule has 1 amide bonds. The molecule has 204 valence electrons. The van der Waals surface area contributed by atoms with Gasteiger partial charge < -0.3 is 24.4 Å². The van der Waals surface area contributed by atoms with Crippen molar-refractivity contribution >= 4 is 51.8 Å². The van der Waals surface area contributed by atoms with Crippen LogP contribution in [0.25, 0.3) is 22.2 Å². The zero-order valence-electron chi connectivity index (χ0n) is 21.6. The Bertz CT molecular complexity index is 1550. The first-order valence-electron chi connectivity index (χ1n) is 12.5. The monoisotopic (exact) mass is 570 g/mol. The van der Waals surface area contributed by atoms with Gasteiger partial charge in [-0.1, -0.05) is 29.3 Å². The van der Waals surface area contributed by atoms with Gasteiger partial charge in [0.25, 0.3) is 5.56 Å². The normalized spacial score (nSPS) is 13.0. The van der Waals surface area contributed by atoms with Crippen LogP contribution in [0.2, 0.25) is 10.0 Å². The van der Waals surface area contributed by atoms with Gasteiger partial charge in [-0.05, 0) is 43.0 Å². The molecule has 4 aromatic rings. The average Bonchev–Trinajstić information content (AvgIpc) is 3.65. The predicted molar refractivity (Wildman–Crippen MR) is 151 cm³/mol. The lowest BCUT2D eigenvalue weighted by Gasteiger charge is -2.16. The summed E-state index contributed by atoms with van der Waals surface area (Å²) in [5, 5.41) is 4.45. The fourth-order valence-electron chi connectivity index (χ4n) is 4.02. The summed E-state index contributed by atoms with van der Waals surface area (Å²) in [6.07, 6.45) is 7.31. The Kier molecular flexibility index (Phi) is 8.06. The Balaban J connectivity index is 1.43. The Morgan fingerprint density at radius 1 is 1.23 bits per heavy atom. The van der Waals surface area contributed by atoms with Gasteiger partial charge in [0, 0.05) is 50.2 Å². The number of likely N-dealkylation sites (N-methyl/N-ethyl adjacent to an activating group) is 1. The van der Waals surface area contributed by atoms with Crippen molar-refractivity contribution in [2.75, 3.05) is 39.2 Å². The largest absolute Gasteiger partial charge is 0.408 e. The minimum atomic E-state index is -0.412. The van der Waals surface area contributed by atoms with Gasteiger partial charge >= 0.3 is 0 Å². The van der Waals surface area contributed by atoms with Crippen molar-refractivity contribution in [2.24, 2.45) is 5.92 Å². The number of benzene rings is 1. The van der Waals surface area contributed by atoms with Crippen LogP contribution in [-0.2, 0) is 16.1 Å². The van der Waals surface area contributed by atoms with Crippen LogP contribution in [0.3, 0.4) is 0 Å². The van der Waals surface area contributed by atoms with E-state index in [1.807, 2.05) is 6.07 Å². The van der Waals surface area contributed by atoms with Crippen molar-refractivity contribution in [3.8, 4) is 11.1 Å². The number of nitrogens with zero attached hydrogens (tertiary/aromatic N) is 5. The van der Waals surface area contributed by atoms with Gasteiger partial charge in [-0.2, -0.15) is 4.98 Å². The third kappa shape index (κ3) is 6.19. The summed E-state index contributed by atoms with van der Waals surface area (Å²) >= 11 is 12.8. The maximum absolute atomic E-state index is 13.6. The van der Waals surface area contributed by atoms with Crippen LogP contribution in [0.1, 0.15) is 12.8 Å². The first kappa shape index (κ1) is 27.0. The van der Waals surface area contributed by atoms with E-state index in [1.54, 1.807) is 66.5 Å². The lowest BCUT2D eigenvalue weighted by atomic mass is 10.1. The number of ether oxygens (including phenoxy) is 1. The maximum atomic E-state index is 13.6. The molecule has 1 N–H and O–H groups in total. The Morgan fingerprint density at radius 3 is 2.72 bits per heavy atom. The van der Waals surface area contributed by atoms with Crippen molar-refractivity contribution in [3.63, 3.8) is 0 Å². The summed E-state index contributed by atoms with van der Waals surface area (Å²) in [5.41, 5.74) is 1.33. The second-order valence-corrected chi connectivity index (χ2v) is 10.3. The SMILES string of the molecule is COCCN(C)C(=O)Cn1ccc(Nc2ncc3cc(-c4c(Cl)cccc4Cl)c(=O)n(OCC4CC4)c3n2)c1. The predicted octanol–water partition coefficient (Wildman–Crippen LogP) is 4.25. The summed E-state index contributed by atoms with van der Waals surface area (Å²) in [6.45, 7) is 1.57. The van der Waals surface area contributed by atoms with Crippen LogP contribution in [0.4, 0.5) is 11.6 Å². The van der Waals surface area contributed by atoms with E-state index in [0.717, 1.165) is 12.8 Å². The molecule has 0 atom stereocenters. The Morgan fingerprint density at radius 2 is 2.00 bits per heavy atom. The van der Waals surface area contributed by atoms with Crippen molar-refractivity contribution in [3.05, 3.63) is 69.3 Å². The number of anilines is 2.